The fourth-order valence-electron chi connectivity index (χ4n) is 1.52. The van der Waals surface area contributed by atoms with Crippen LogP contribution in [0.25, 0.3) is 10.1 Å². The van der Waals surface area contributed by atoms with E-state index in [-0.39, 0.29) is 5.97 Å². The number of rotatable bonds is 1. The van der Waals surface area contributed by atoms with Crippen molar-refractivity contribution in [3.05, 3.63) is 28.6 Å². The minimum absolute atomic E-state index is 0.368. The Hall–Kier alpha value is -1.55. The van der Waals surface area contributed by atoms with Crippen LogP contribution >= 0.6 is 11.3 Å². The maximum Gasteiger partial charge on any atom is 0.350 e. The number of anilines is 1. The lowest BCUT2D eigenvalue weighted by molar-refractivity contribution is 0.0607. The molecule has 2 N–H and O–H groups in total. The summed E-state index contributed by atoms with van der Waals surface area (Å²) in [7, 11) is 1.36. The van der Waals surface area contributed by atoms with Crippen molar-refractivity contribution in [2.75, 3.05) is 12.8 Å². The molecule has 3 nitrogen and oxygen atoms in total. The molecule has 0 saturated heterocycles. The van der Waals surface area contributed by atoms with E-state index in [1.165, 1.54) is 18.4 Å². The van der Waals surface area contributed by atoms with Gasteiger partial charge in [0, 0.05) is 10.1 Å². The molecule has 4 heteroatoms. The van der Waals surface area contributed by atoms with E-state index in [4.69, 9.17) is 5.73 Å². The third kappa shape index (κ3) is 1.47. The monoisotopic (exact) mass is 221 g/mol. The van der Waals surface area contributed by atoms with Crippen LogP contribution in [0, 0.1) is 6.92 Å². The van der Waals surface area contributed by atoms with Crippen molar-refractivity contribution in [1.29, 1.82) is 0 Å². The third-order valence-electron chi connectivity index (χ3n) is 2.32. The predicted molar refractivity (Wildman–Crippen MR) is 62.3 cm³/mol. The molecule has 0 amide bonds. The SMILES string of the molecule is COC(=O)c1sc2c(C)cccc2c1N. The summed E-state index contributed by atoms with van der Waals surface area (Å²) in [6, 6.07) is 5.85. The minimum Gasteiger partial charge on any atom is -0.465 e. The predicted octanol–water partition coefficient (Wildman–Crippen LogP) is 2.58. The average Bonchev–Trinajstić information content (AvgIpc) is 2.57. The van der Waals surface area contributed by atoms with E-state index in [1.54, 1.807) is 0 Å². The lowest BCUT2D eigenvalue weighted by atomic mass is 10.1. The minimum atomic E-state index is -0.368. The molecule has 2 rings (SSSR count). The van der Waals surface area contributed by atoms with Crippen molar-refractivity contribution in [1.82, 2.24) is 0 Å². The molecule has 0 unspecified atom stereocenters. The second-order valence-electron chi connectivity index (χ2n) is 3.29. The van der Waals surface area contributed by atoms with Crippen LogP contribution < -0.4 is 5.73 Å². The van der Waals surface area contributed by atoms with Gasteiger partial charge in [-0.3, -0.25) is 0 Å². The molecule has 15 heavy (non-hydrogen) atoms. The van der Waals surface area contributed by atoms with Crippen LogP contribution in [0.2, 0.25) is 0 Å². The Balaban J connectivity index is 2.75. The first-order chi connectivity index (χ1) is 7.15. The maximum absolute atomic E-state index is 11.4. The lowest BCUT2D eigenvalue weighted by Gasteiger charge is -1.95. The van der Waals surface area contributed by atoms with Crippen molar-refractivity contribution in [2.45, 2.75) is 6.92 Å². The molecule has 1 aromatic heterocycles. The number of hydrogen-bond acceptors (Lipinski definition) is 4. The van der Waals surface area contributed by atoms with E-state index in [0.717, 1.165) is 15.6 Å². The molecular formula is C11H11NO2S. The highest BCUT2D eigenvalue weighted by Crippen LogP contribution is 2.35. The van der Waals surface area contributed by atoms with Gasteiger partial charge in [0.25, 0.3) is 0 Å². The van der Waals surface area contributed by atoms with E-state index >= 15 is 0 Å². The van der Waals surface area contributed by atoms with Gasteiger partial charge in [0.1, 0.15) is 4.88 Å². The van der Waals surface area contributed by atoms with Gasteiger partial charge in [-0.1, -0.05) is 18.2 Å². The Morgan fingerprint density at radius 1 is 1.47 bits per heavy atom. The van der Waals surface area contributed by atoms with E-state index < -0.39 is 0 Å². The van der Waals surface area contributed by atoms with Crippen LogP contribution in [0.3, 0.4) is 0 Å². The topological polar surface area (TPSA) is 52.3 Å². The Labute approximate surface area is 91.5 Å². The Morgan fingerprint density at radius 3 is 2.80 bits per heavy atom. The van der Waals surface area contributed by atoms with Crippen LogP contribution in [-0.4, -0.2) is 13.1 Å². The lowest BCUT2D eigenvalue weighted by Crippen LogP contribution is -2.01. The van der Waals surface area contributed by atoms with Crippen LogP contribution in [-0.2, 0) is 4.74 Å². The van der Waals surface area contributed by atoms with Gasteiger partial charge in [-0.2, -0.15) is 0 Å². The molecule has 0 fully saturated rings. The number of carbonyl (C=O) groups is 1. The summed E-state index contributed by atoms with van der Waals surface area (Å²) >= 11 is 1.38. The first-order valence-electron chi connectivity index (χ1n) is 4.51. The summed E-state index contributed by atoms with van der Waals surface area (Å²) in [5.41, 5.74) is 7.54. The number of aryl methyl sites for hydroxylation is 1. The second-order valence-corrected chi connectivity index (χ2v) is 4.31. The van der Waals surface area contributed by atoms with Crippen LogP contribution in [0.4, 0.5) is 5.69 Å². The second kappa shape index (κ2) is 3.55. The number of nitrogen functional groups attached to an aromatic ring is 1. The fraction of sp³-hybridized carbons (Fsp3) is 0.182. The number of carbonyl (C=O) groups excluding carboxylic acids is 1. The smallest absolute Gasteiger partial charge is 0.350 e. The van der Waals surface area contributed by atoms with Gasteiger partial charge < -0.3 is 10.5 Å². The highest BCUT2D eigenvalue weighted by molar-refractivity contribution is 7.21. The summed E-state index contributed by atoms with van der Waals surface area (Å²) in [6.45, 7) is 2.00. The van der Waals surface area contributed by atoms with Gasteiger partial charge >= 0.3 is 5.97 Å². The highest BCUT2D eigenvalue weighted by Gasteiger charge is 2.17. The van der Waals surface area contributed by atoms with Crippen molar-refractivity contribution in [3.63, 3.8) is 0 Å². The fourth-order valence-corrected chi connectivity index (χ4v) is 2.63. The zero-order chi connectivity index (χ0) is 11.0. The van der Waals surface area contributed by atoms with Crippen molar-refractivity contribution >= 4 is 33.1 Å². The molecule has 0 radical (unpaired) electrons. The molecule has 0 saturated carbocycles. The molecule has 2 aromatic rings. The molecule has 0 aliphatic heterocycles. The maximum atomic E-state index is 11.4. The number of benzene rings is 1. The van der Waals surface area contributed by atoms with E-state index in [9.17, 15) is 4.79 Å². The molecule has 0 aliphatic rings. The third-order valence-corrected chi connectivity index (χ3v) is 3.66. The van der Waals surface area contributed by atoms with Gasteiger partial charge in [-0.15, -0.1) is 11.3 Å². The summed E-state index contributed by atoms with van der Waals surface area (Å²) in [4.78, 5) is 11.9. The number of esters is 1. The molecule has 0 spiro atoms. The van der Waals surface area contributed by atoms with E-state index in [2.05, 4.69) is 4.74 Å². The highest BCUT2D eigenvalue weighted by atomic mass is 32.1. The van der Waals surface area contributed by atoms with Crippen LogP contribution in [0.1, 0.15) is 15.2 Å². The molecule has 0 bridgehead atoms. The molecular weight excluding hydrogens is 210 g/mol. The number of thiophene rings is 1. The first-order valence-corrected chi connectivity index (χ1v) is 5.32. The Kier molecular flexibility index (Phi) is 2.36. The van der Waals surface area contributed by atoms with Gasteiger partial charge in [0.15, 0.2) is 0 Å². The number of hydrogen-bond donors (Lipinski definition) is 1. The zero-order valence-electron chi connectivity index (χ0n) is 8.53. The Morgan fingerprint density at radius 2 is 2.20 bits per heavy atom. The van der Waals surface area contributed by atoms with Crippen LogP contribution in [0.15, 0.2) is 18.2 Å². The summed E-state index contributed by atoms with van der Waals surface area (Å²) in [6.07, 6.45) is 0. The molecule has 1 heterocycles. The summed E-state index contributed by atoms with van der Waals surface area (Å²) in [5.74, 6) is -0.368. The number of fused-ring (bicyclic) bond motifs is 1. The normalized spacial score (nSPS) is 10.5. The quantitative estimate of drug-likeness (QED) is 0.753. The van der Waals surface area contributed by atoms with Gasteiger partial charge in [0.2, 0.25) is 0 Å². The number of nitrogens with two attached hydrogens (primary N) is 1. The van der Waals surface area contributed by atoms with Crippen molar-refractivity contribution < 1.29 is 9.53 Å². The molecule has 0 aliphatic carbocycles. The first kappa shape index (κ1) is 9.98. The summed E-state index contributed by atoms with van der Waals surface area (Å²) < 4.78 is 5.73. The van der Waals surface area contributed by atoms with E-state index in [1.807, 2.05) is 25.1 Å². The average molecular weight is 221 g/mol. The molecule has 0 atom stereocenters. The molecule has 1 aromatic carbocycles. The van der Waals surface area contributed by atoms with Gasteiger partial charge in [-0.05, 0) is 12.5 Å². The molecule has 78 valence electrons. The number of methoxy groups -OCH3 is 1. The number of ether oxygens (including phenoxy) is 1. The largest absolute Gasteiger partial charge is 0.465 e. The standard InChI is InChI=1S/C11H11NO2S/c1-6-4-3-5-7-8(12)10(11(13)14-2)15-9(6)7/h3-5H,12H2,1-2H3. The van der Waals surface area contributed by atoms with Gasteiger partial charge in [-0.25, -0.2) is 4.79 Å². The van der Waals surface area contributed by atoms with Crippen LogP contribution in [0.5, 0.6) is 0 Å². The Bertz CT molecular complexity index is 531. The van der Waals surface area contributed by atoms with E-state index in [0.29, 0.717) is 10.6 Å². The van der Waals surface area contributed by atoms with Gasteiger partial charge in [0.05, 0.1) is 12.8 Å². The summed E-state index contributed by atoms with van der Waals surface area (Å²) in [5, 5.41) is 0.931. The van der Waals surface area contributed by atoms with Crippen molar-refractivity contribution in [3.8, 4) is 0 Å². The zero-order valence-corrected chi connectivity index (χ0v) is 9.35. The van der Waals surface area contributed by atoms with Crippen molar-refractivity contribution in [2.24, 2.45) is 0 Å².